The summed E-state index contributed by atoms with van der Waals surface area (Å²) in [5.41, 5.74) is 2.35. The topological polar surface area (TPSA) is 57.3 Å². The minimum absolute atomic E-state index is 0.0361. The highest BCUT2D eigenvalue weighted by Crippen LogP contribution is 2.30. The Balaban J connectivity index is 1.57. The molecule has 2 amide bonds. The largest absolute Gasteiger partial charge is 0.333 e. The molecule has 140 valence electrons. The monoisotopic (exact) mass is 372 g/mol. The molecule has 0 aliphatic carbocycles. The second kappa shape index (κ2) is 7.76. The number of amides is 2. The van der Waals surface area contributed by atoms with Crippen LogP contribution in [0.25, 0.3) is 0 Å². The number of aromatic nitrogens is 1. The van der Waals surface area contributed by atoms with E-state index in [9.17, 15) is 4.79 Å². The lowest BCUT2D eigenvalue weighted by molar-refractivity contribution is 0.229. The van der Waals surface area contributed by atoms with Crippen molar-refractivity contribution in [3.63, 3.8) is 0 Å². The molecule has 2 atom stereocenters. The number of rotatable bonds is 4. The standard InChI is InChI=1S/C20H28N4OS/c1-20(2,3)16-13-26-17(23-16)12-21-19(25)22-15-10-11-24(4)18(15)14-8-6-5-7-9-14/h5-9,13,15,18H,10-12H2,1-4H3,(H2,21,22,25). The SMILES string of the molecule is CN1CCC(NC(=O)NCc2nc(C(C)(C)C)cs2)C1c1ccccc1. The van der Waals surface area contributed by atoms with Crippen LogP contribution in [0.15, 0.2) is 35.7 Å². The van der Waals surface area contributed by atoms with Crippen molar-refractivity contribution in [2.75, 3.05) is 13.6 Å². The van der Waals surface area contributed by atoms with E-state index in [-0.39, 0.29) is 23.5 Å². The quantitative estimate of drug-likeness (QED) is 0.861. The molecular formula is C20H28N4OS. The van der Waals surface area contributed by atoms with Gasteiger partial charge in [0.2, 0.25) is 0 Å². The summed E-state index contributed by atoms with van der Waals surface area (Å²) in [6, 6.07) is 10.6. The molecule has 1 saturated heterocycles. The van der Waals surface area contributed by atoms with Gasteiger partial charge in [0.05, 0.1) is 24.3 Å². The van der Waals surface area contributed by atoms with Gasteiger partial charge >= 0.3 is 6.03 Å². The van der Waals surface area contributed by atoms with Gasteiger partial charge in [-0.15, -0.1) is 11.3 Å². The number of benzene rings is 1. The van der Waals surface area contributed by atoms with Gasteiger partial charge in [-0.2, -0.15) is 0 Å². The van der Waals surface area contributed by atoms with Crippen molar-refractivity contribution in [3.8, 4) is 0 Å². The molecule has 26 heavy (non-hydrogen) atoms. The number of carbonyl (C=O) groups is 1. The molecule has 1 aromatic carbocycles. The molecule has 1 aliphatic heterocycles. The minimum atomic E-state index is -0.126. The van der Waals surface area contributed by atoms with E-state index in [4.69, 9.17) is 0 Å². The Bertz CT molecular complexity index is 738. The summed E-state index contributed by atoms with van der Waals surface area (Å²) in [6.07, 6.45) is 0.953. The van der Waals surface area contributed by atoms with E-state index in [0.717, 1.165) is 23.7 Å². The maximum Gasteiger partial charge on any atom is 0.315 e. The van der Waals surface area contributed by atoms with Crippen LogP contribution in [-0.2, 0) is 12.0 Å². The van der Waals surface area contributed by atoms with Crippen molar-refractivity contribution < 1.29 is 4.79 Å². The van der Waals surface area contributed by atoms with Crippen LogP contribution in [0.1, 0.15) is 49.5 Å². The fraction of sp³-hybridized carbons (Fsp3) is 0.500. The van der Waals surface area contributed by atoms with Crippen LogP contribution in [0.5, 0.6) is 0 Å². The lowest BCUT2D eigenvalue weighted by Crippen LogP contribution is -2.44. The molecule has 0 spiro atoms. The molecule has 3 rings (SSSR count). The van der Waals surface area contributed by atoms with Crippen molar-refractivity contribution in [1.82, 2.24) is 20.5 Å². The molecule has 1 aromatic heterocycles. The Hall–Kier alpha value is -1.92. The number of hydrogen-bond acceptors (Lipinski definition) is 4. The maximum atomic E-state index is 12.4. The van der Waals surface area contributed by atoms with Crippen LogP contribution in [0.2, 0.25) is 0 Å². The fourth-order valence-corrected chi connectivity index (χ4v) is 4.31. The molecule has 2 unspecified atom stereocenters. The number of urea groups is 1. The van der Waals surface area contributed by atoms with Gasteiger partial charge in [-0.05, 0) is 19.0 Å². The Morgan fingerprint density at radius 1 is 1.31 bits per heavy atom. The lowest BCUT2D eigenvalue weighted by atomic mass is 9.93. The number of thiazole rings is 1. The first kappa shape index (κ1) is 18.9. The van der Waals surface area contributed by atoms with Crippen molar-refractivity contribution >= 4 is 17.4 Å². The van der Waals surface area contributed by atoms with Crippen LogP contribution in [0.4, 0.5) is 4.79 Å². The maximum absolute atomic E-state index is 12.4. The van der Waals surface area contributed by atoms with Crippen molar-refractivity contribution in [3.05, 3.63) is 52.0 Å². The zero-order valence-corrected chi connectivity index (χ0v) is 16.8. The molecule has 1 fully saturated rings. The van der Waals surface area contributed by atoms with E-state index < -0.39 is 0 Å². The second-order valence-electron chi connectivity index (χ2n) is 7.93. The van der Waals surface area contributed by atoms with Gasteiger partial charge in [0.25, 0.3) is 0 Å². The molecule has 1 aliphatic rings. The second-order valence-corrected chi connectivity index (χ2v) is 8.88. The Morgan fingerprint density at radius 2 is 2.04 bits per heavy atom. The zero-order chi connectivity index (χ0) is 18.7. The van der Waals surface area contributed by atoms with Gasteiger partial charge in [-0.1, -0.05) is 51.1 Å². The summed E-state index contributed by atoms with van der Waals surface area (Å²) < 4.78 is 0. The van der Waals surface area contributed by atoms with Gasteiger partial charge in [0.1, 0.15) is 5.01 Å². The Morgan fingerprint density at radius 3 is 2.69 bits per heavy atom. The van der Waals surface area contributed by atoms with Crippen LogP contribution >= 0.6 is 11.3 Å². The summed E-state index contributed by atoms with van der Waals surface area (Å²) in [5.74, 6) is 0. The first-order valence-electron chi connectivity index (χ1n) is 9.09. The van der Waals surface area contributed by atoms with Crippen molar-refractivity contribution in [1.29, 1.82) is 0 Å². The minimum Gasteiger partial charge on any atom is -0.333 e. The van der Waals surface area contributed by atoms with Gasteiger partial charge in [-0.25, -0.2) is 9.78 Å². The predicted octanol–water partition coefficient (Wildman–Crippen LogP) is 3.69. The highest BCUT2D eigenvalue weighted by molar-refractivity contribution is 7.09. The summed E-state index contributed by atoms with van der Waals surface area (Å²) in [6.45, 7) is 7.88. The molecule has 2 N–H and O–H groups in total. The summed E-state index contributed by atoms with van der Waals surface area (Å²) in [4.78, 5) is 19.3. The van der Waals surface area contributed by atoms with Crippen LogP contribution in [-0.4, -0.2) is 35.5 Å². The third-order valence-electron chi connectivity index (χ3n) is 4.83. The zero-order valence-electron chi connectivity index (χ0n) is 16.0. The van der Waals surface area contributed by atoms with E-state index in [1.807, 2.05) is 18.2 Å². The third kappa shape index (κ3) is 4.43. The highest BCUT2D eigenvalue weighted by Gasteiger charge is 2.33. The molecule has 6 heteroatoms. The van der Waals surface area contributed by atoms with Crippen LogP contribution in [0, 0.1) is 0 Å². The molecule has 0 bridgehead atoms. The average molecular weight is 373 g/mol. The van der Waals surface area contributed by atoms with Gasteiger partial charge in [0, 0.05) is 17.3 Å². The number of nitrogens with one attached hydrogen (secondary N) is 2. The summed E-state index contributed by atoms with van der Waals surface area (Å²) in [7, 11) is 2.11. The molecule has 5 nitrogen and oxygen atoms in total. The molecule has 0 saturated carbocycles. The molecule has 2 aromatic rings. The summed E-state index contributed by atoms with van der Waals surface area (Å²) in [5, 5.41) is 9.12. The smallest absolute Gasteiger partial charge is 0.315 e. The molecule has 0 radical (unpaired) electrons. The van der Waals surface area contributed by atoms with Gasteiger partial charge in [-0.3, -0.25) is 4.90 Å². The highest BCUT2D eigenvalue weighted by atomic mass is 32.1. The number of likely N-dealkylation sites (N-methyl/N-ethyl adjacent to an activating group) is 1. The van der Waals surface area contributed by atoms with Gasteiger partial charge in [0.15, 0.2) is 0 Å². The molecular weight excluding hydrogens is 344 g/mol. The third-order valence-corrected chi connectivity index (χ3v) is 5.68. The van der Waals surface area contributed by atoms with Gasteiger partial charge < -0.3 is 10.6 Å². The average Bonchev–Trinajstić information content (AvgIpc) is 3.21. The number of nitrogens with zero attached hydrogens (tertiary/aromatic N) is 2. The van der Waals surface area contributed by atoms with E-state index in [0.29, 0.717) is 6.54 Å². The van der Waals surface area contributed by atoms with Crippen molar-refractivity contribution in [2.24, 2.45) is 0 Å². The molecule has 2 heterocycles. The first-order valence-corrected chi connectivity index (χ1v) is 9.97. The number of carbonyl (C=O) groups excluding carboxylic acids is 1. The van der Waals surface area contributed by atoms with E-state index in [1.54, 1.807) is 11.3 Å². The predicted molar refractivity (Wildman–Crippen MR) is 106 cm³/mol. The Labute approximate surface area is 159 Å². The van der Waals surface area contributed by atoms with E-state index in [1.165, 1.54) is 5.56 Å². The van der Waals surface area contributed by atoms with Crippen LogP contribution in [0.3, 0.4) is 0 Å². The van der Waals surface area contributed by atoms with Crippen LogP contribution < -0.4 is 10.6 Å². The van der Waals surface area contributed by atoms with E-state index >= 15 is 0 Å². The Kier molecular flexibility index (Phi) is 5.63. The fourth-order valence-electron chi connectivity index (χ4n) is 3.35. The normalized spacial score (nSPS) is 20.9. The summed E-state index contributed by atoms with van der Waals surface area (Å²) >= 11 is 1.60. The van der Waals surface area contributed by atoms with Crippen molar-refractivity contribution in [2.45, 2.75) is 51.2 Å². The number of likely N-dealkylation sites (tertiary alicyclic amines) is 1. The lowest BCUT2D eigenvalue weighted by Gasteiger charge is -2.26. The van der Waals surface area contributed by atoms with E-state index in [2.05, 4.69) is 65.8 Å². The first-order chi connectivity index (χ1) is 12.3. The number of hydrogen-bond donors (Lipinski definition) is 2.